The molecule has 3 amide bonds. The number of hydrogen-bond donors (Lipinski definition) is 4. The van der Waals surface area contributed by atoms with Gasteiger partial charge < -0.3 is 44.7 Å². The number of alkyl halides is 1. The number of amides is 3. The fourth-order valence-corrected chi connectivity index (χ4v) is 9.16. The minimum atomic E-state index is -0.765. The first-order valence-corrected chi connectivity index (χ1v) is 23.4. The van der Waals surface area contributed by atoms with E-state index in [1.54, 1.807) is 60.1 Å². The molecule has 4 N–H and O–H groups in total. The molecule has 3 heterocycles. The minimum absolute atomic E-state index is 0. The number of nitrogens with one attached hydrogen (secondary N) is 3. The van der Waals surface area contributed by atoms with E-state index >= 15 is 0 Å². The molecule has 3 aromatic carbocycles. The predicted molar refractivity (Wildman–Crippen MR) is 267 cm³/mol. The third kappa shape index (κ3) is 13.5. The first-order valence-electron chi connectivity index (χ1n) is 22.9. The highest BCUT2D eigenvalue weighted by Gasteiger charge is 2.33. The van der Waals surface area contributed by atoms with Crippen LogP contribution in [0.15, 0.2) is 143 Å². The SMILES string of the molecule is C.CC1=CC(Cl)OC1=O.CNC(=O)/C(=C/O)C1CCc2ccccc21.CNC(=O)/C(=C/OC1C=C(C)C(=O)O1)C1CCc2ccccc21.CNC(=O)/C(=C\OC1C=C(C)C(=O)O1)C1CCc2ccccc21. The fraction of sp³-hybridized carbons (Fsp3) is 0.345. The average molecular weight is 993 g/mol. The lowest BCUT2D eigenvalue weighted by Gasteiger charge is -2.16. The Labute approximate surface area is 419 Å². The Morgan fingerprint density at radius 3 is 1.15 bits per heavy atom. The van der Waals surface area contributed by atoms with Gasteiger partial charge in [0.05, 0.1) is 35.5 Å². The summed E-state index contributed by atoms with van der Waals surface area (Å²) in [5.74, 6) is -1.65. The van der Waals surface area contributed by atoms with E-state index in [0.717, 1.165) is 61.5 Å². The molecule has 0 aromatic heterocycles. The number of ether oxygens (including phenoxy) is 5. The lowest BCUT2D eigenvalue weighted by Crippen LogP contribution is -2.24. The fourth-order valence-electron chi connectivity index (χ4n) is 8.89. The van der Waals surface area contributed by atoms with Gasteiger partial charge in [-0.05, 0) is 98.8 Å². The monoisotopic (exact) mass is 991 g/mol. The van der Waals surface area contributed by atoms with Crippen molar-refractivity contribution in [2.24, 2.45) is 0 Å². The smallest absolute Gasteiger partial charge is 0.336 e. The number of fused-ring (bicyclic) bond motifs is 3. The van der Waals surface area contributed by atoms with Crippen LogP contribution in [-0.2, 0) is 71.7 Å². The van der Waals surface area contributed by atoms with Gasteiger partial charge in [-0.3, -0.25) is 14.4 Å². The molecule has 6 unspecified atom stereocenters. The first kappa shape index (κ1) is 54.5. The molecule has 3 aromatic rings. The molecule has 0 fully saturated rings. The molecule has 15 nitrogen and oxygen atoms in total. The van der Waals surface area contributed by atoms with E-state index in [2.05, 4.69) is 38.9 Å². The Morgan fingerprint density at radius 2 is 0.873 bits per heavy atom. The van der Waals surface area contributed by atoms with Crippen LogP contribution < -0.4 is 16.0 Å². The van der Waals surface area contributed by atoms with Crippen LogP contribution in [0, 0.1) is 0 Å². The predicted octanol–water partition coefficient (Wildman–Crippen LogP) is 7.98. The zero-order valence-corrected chi connectivity index (χ0v) is 40.7. The number of hydrogen-bond acceptors (Lipinski definition) is 12. The molecule has 3 aliphatic heterocycles. The molecule has 0 spiro atoms. The number of aliphatic hydroxyl groups is 1. The van der Waals surface area contributed by atoms with E-state index in [1.165, 1.54) is 29.2 Å². The molecule has 376 valence electrons. The Hall–Kier alpha value is -7.39. The number of aryl methyl sites for hydroxylation is 3. The van der Waals surface area contributed by atoms with Gasteiger partial charge >= 0.3 is 17.9 Å². The van der Waals surface area contributed by atoms with Gasteiger partial charge in [0.25, 0.3) is 30.3 Å². The number of likely N-dealkylation sites (N-methyl/N-ethyl adjacent to an activating group) is 3. The van der Waals surface area contributed by atoms with Crippen molar-refractivity contribution in [1.29, 1.82) is 0 Å². The molecular formula is C55H62ClN3O12. The largest absolute Gasteiger partial charge is 0.515 e. The molecular weight excluding hydrogens is 930 g/mol. The van der Waals surface area contributed by atoms with E-state index in [4.69, 9.17) is 30.5 Å². The van der Waals surface area contributed by atoms with Crippen molar-refractivity contribution in [2.75, 3.05) is 21.1 Å². The van der Waals surface area contributed by atoms with Gasteiger partial charge in [-0.1, -0.05) is 91.8 Å². The summed E-state index contributed by atoms with van der Waals surface area (Å²) in [5.41, 5.74) is 9.88. The summed E-state index contributed by atoms with van der Waals surface area (Å²) in [7, 11) is 4.76. The summed E-state index contributed by atoms with van der Waals surface area (Å²) in [4.78, 5) is 69.3. The van der Waals surface area contributed by atoms with Crippen LogP contribution in [-0.4, -0.2) is 80.0 Å². The number of carbonyl (C=O) groups excluding carboxylic acids is 6. The van der Waals surface area contributed by atoms with Gasteiger partial charge in [-0.15, -0.1) is 0 Å². The van der Waals surface area contributed by atoms with Crippen LogP contribution in [0.1, 0.15) is 98.6 Å². The summed E-state index contributed by atoms with van der Waals surface area (Å²) >= 11 is 5.38. The van der Waals surface area contributed by atoms with Crippen molar-refractivity contribution in [3.63, 3.8) is 0 Å². The van der Waals surface area contributed by atoms with Crippen LogP contribution >= 0.6 is 11.6 Å². The highest BCUT2D eigenvalue weighted by atomic mass is 35.5. The van der Waals surface area contributed by atoms with Crippen molar-refractivity contribution in [1.82, 2.24) is 16.0 Å². The molecule has 0 bridgehead atoms. The van der Waals surface area contributed by atoms with E-state index in [9.17, 15) is 33.9 Å². The Morgan fingerprint density at radius 1 is 0.549 bits per heavy atom. The van der Waals surface area contributed by atoms with Crippen molar-refractivity contribution in [2.45, 2.75) is 103 Å². The third-order valence-corrected chi connectivity index (χ3v) is 12.8. The second kappa shape index (κ2) is 25.5. The Kier molecular flexibility index (Phi) is 19.6. The number of benzene rings is 3. The summed E-state index contributed by atoms with van der Waals surface area (Å²) < 4.78 is 25.6. The summed E-state index contributed by atoms with van der Waals surface area (Å²) in [6.07, 6.45) is 12.5. The van der Waals surface area contributed by atoms with Gasteiger partial charge in [-0.25, -0.2) is 14.4 Å². The van der Waals surface area contributed by atoms with Crippen molar-refractivity contribution >= 4 is 47.2 Å². The zero-order chi connectivity index (χ0) is 50.5. The normalized spacial score (nSPS) is 22.4. The Bertz CT molecular complexity index is 2560. The molecule has 0 saturated carbocycles. The van der Waals surface area contributed by atoms with E-state index in [1.807, 2.05) is 54.6 Å². The van der Waals surface area contributed by atoms with Crippen LogP contribution in [0.25, 0.3) is 0 Å². The minimum Gasteiger partial charge on any atom is -0.515 e. The average Bonchev–Trinajstić information content (AvgIpc) is 4.24. The topological polar surface area (TPSA) is 205 Å². The quantitative estimate of drug-likeness (QED) is 0.0502. The van der Waals surface area contributed by atoms with Crippen molar-refractivity contribution < 1.29 is 57.6 Å². The van der Waals surface area contributed by atoms with E-state index < -0.39 is 30.1 Å². The zero-order valence-electron chi connectivity index (χ0n) is 39.9. The summed E-state index contributed by atoms with van der Waals surface area (Å²) in [6, 6.07) is 24.3. The van der Waals surface area contributed by atoms with Gasteiger partial charge in [-0.2, -0.15) is 0 Å². The molecule has 0 saturated heterocycles. The van der Waals surface area contributed by atoms with E-state index in [-0.39, 0.29) is 48.9 Å². The molecule has 16 heteroatoms. The number of esters is 3. The van der Waals surface area contributed by atoms with Crippen LogP contribution in [0.3, 0.4) is 0 Å². The maximum absolute atomic E-state index is 12.3. The number of rotatable bonds is 10. The van der Waals surface area contributed by atoms with Crippen LogP contribution in [0.4, 0.5) is 0 Å². The maximum Gasteiger partial charge on any atom is 0.336 e. The lowest BCUT2D eigenvalue weighted by molar-refractivity contribution is -0.153. The Balaban J connectivity index is 0.000000185. The van der Waals surface area contributed by atoms with Crippen molar-refractivity contribution in [3.05, 3.63) is 177 Å². The van der Waals surface area contributed by atoms with E-state index in [0.29, 0.717) is 33.4 Å². The first-order chi connectivity index (χ1) is 33.7. The van der Waals surface area contributed by atoms with Crippen molar-refractivity contribution in [3.8, 4) is 0 Å². The molecule has 71 heavy (non-hydrogen) atoms. The number of carbonyl (C=O) groups is 6. The van der Waals surface area contributed by atoms with Crippen LogP contribution in [0.2, 0.25) is 0 Å². The van der Waals surface area contributed by atoms with Crippen LogP contribution in [0.5, 0.6) is 0 Å². The molecule has 6 aliphatic rings. The number of aliphatic hydroxyl groups excluding tert-OH is 1. The number of halogens is 1. The highest BCUT2D eigenvalue weighted by molar-refractivity contribution is 6.22. The third-order valence-electron chi connectivity index (χ3n) is 12.6. The van der Waals surface area contributed by atoms with Gasteiger partial charge in [0.2, 0.25) is 0 Å². The summed E-state index contributed by atoms with van der Waals surface area (Å²) in [6.45, 7) is 5.01. The molecule has 0 radical (unpaired) electrons. The van der Waals surface area contributed by atoms with Gasteiger partial charge in [0.15, 0.2) is 5.56 Å². The molecule has 9 rings (SSSR count). The van der Waals surface area contributed by atoms with Gasteiger partial charge in [0.1, 0.15) is 0 Å². The maximum atomic E-state index is 12.3. The molecule has 6 atom stereocenters. The standard InChI is InChI=1S/2C18H19NO4.C13H15NO2.C5H5ClO2.CH4/c2*1-11-9-16(23-18(11)21)22-10-15(17(20)19-2)14-8-7-12-5-3-4-6-13(12)14;1-14-13(16)12(8-15)11-7-6-9-4-2-3-5-10(9)11;1-3-2-4(6)8-5(3)7;/h2*3-6,9-10,14,16H,7-8H2,1-2H3,(H,19,20);2-5,8,11,15H,6-7H2,1H3,(H,14,16);2,4H,1H3;1H4/b15-10+;15-10-;12-8+;;. The summed E-state index contributed by atoms with van der Waals surface area (Å²) in [5, 5.41) is 17.1. The second-order valence-electron chi connectivity index (χ2n) is 17.0. The van der Waals surface area contributed by atoms with Gasteiger partial charge in [0, 0.05) is 67.8 Å². The highest BCUT2D eigenvalue weighted by Crippen LogP contribution is 2.40. The lowest BCUT2D eigenvalue weighted by atomic mass is 9.93. The second-order valence-corrected chi connectivity index (χ2v) is 17.4. The molecule has 3 aliphatic carbocycles. The number of cyclic esters (lactones) is 3.